The zero-order valence-corrected chi connectivity index (χ0v) is 56.9. The second-order valence-electron chi connectivity index (χ2n) is 24.2. The fourth-order valence-electron chi connectivity index (χ4n) is 9.48. The number of benzene rings is 1. The average Bonchev–Trinajstić information content (AvgIpc) is 1.07. The van der Waals surface area contributed by atoms with Gasteiger partial charge in [-0.3, -0.25) is 67.1 Å². The van der Waals surface area contributed by atoms with Crippen LogP contribution in [-0.2, 0) is 84.8 Å². The van der Waals surface area contributed by atoms with E-state index >= 15 is 0 Å². The van der Waals surface area contributed by atoms with E-state index in [4.69, 9.17) is 11.5 Å². The number of carbonyl (C=O) groups is 15. The van der Waals surface area contributed by atoms with Crippen molar-refractivity contribution in [1.29, 1.82) is 0 Å². The van der Waals surface area contributed by atoms with Gasteiger partial charge < -0.3 is 111 Å². The van der Waals surface area contributed by atoms with Crippen LogP contribution in [0, 0.1) is 11.8 Å². The van der Waals surface area contributed by atoms with Crippen LogP contribution in [-0.4, -0.2) is 240 Å². The summed E-state index contributed by atoms with van der Waals surface area (Å²) >= 11 is 4.15. The lowest BCUT2D eigenvalue weighted by Crippen LogP contribution is -2.62. The normalized spacial score (nSPS) is 15.4. The van der Waals surface area contributed by atoms with Crippen molar-refractivity contribution in [2.75, 3.05) is 25.4 Å². The predicted octanol–water partition coefficient (Wildman–Crippen LogP) is -6.68. The highest BCUT2D eigenvalue weighted by Gasteiger charge is 2.38. The van der Waals surface area contributed by atoms with Gasteiger partial charge in [0, 0.05) is 36.9 Å². The molecule has 23 N–H and O–H groups in total. The highest BCUT2D eigenvalue weighted by molar-refractivity contribution is 7.80. The van der Waals surface area contributed by atoms with Crippen LogP contribution in [0.3, 0.4) is 0 Å². The van der Waals surface area contributed by atoms with Crippen molar-refractivity contribution in [2.45, 2.75) is 197 Å². The Hall–Kier alpha value is -9.37. The topological polar surface area (TPSA) is 603 Å². The molecule has 2 aromatic rings. The number of aliphatic carboxylic acids is 3. The molecule has 0 saturated heterocycles. The highest BCUT2D eigenvalue weighted by atomic mass is 32.1. The number of hydrogen-bond acceptors (Lipinski definition) is 22. The third kappa shape index (κ3) is 31.4. The summed E-state index contributed by atoms with van der Waals surface area (Å²) in [5.74, 6) is -18.6. The Bertz CT molecular complexity index is 3050. The summed E-state index contributed by atoms with van der Waals surface area (Å²) in [5, 5.41) is 88.6. The number of aromatic amines is 1. The highest BCUT2D eigenvalue weighted by Crippen LogP contribution is 2.13. The minimum Gasteiger partial charge on any atom is -0.481 e. The second kappa shape index (κ2) is 43.8. The number of carbonyl (C=O) groups excluding carboxylic acids is 12. The van der Waals surface area contributed by atoms with E-state index < -0.39 is 224 Å². The fraction of sp³-hybridized carbons (Fsp3) is 0.607. The Kier molecular flexibility index (Phi) is 37.9. The van der Waals surface area contributed by atoms with E-state index in [1.54, 1.807) is 58.0 Å². The van der Waals surface area contributed by atoms with E-state index in [-0.39, 0.29) is 50.8 Å². The number of hydrogen-bond donors (Lipinski definition) is 22. The molecule has 0 saturated carbocycles. The number of aliphatic hydroxyl groups excluding tert-OH is 3. The first-order valence-electron chi connectivity index (χ1n) is 31.8. The van der Waals surface area contributed by atoms with Gasteiger partial charge in [-0.1, -0.05) is 58.0 Å². The number of imidazole rings is 1. The van der Waals surface area contributed by atoms with Gasteiger partial charge in [0.25, 0.3) is 0 Å². The Morgan fingerprint density at radius 3 is 1.42 bits per heavy atom. The van der Waals surface area contributed by atoms with Gasteiger partial charge in [0.05, 0.1) is 38.1 Å². The number of nitrogens with two attached hydrogens (primary N) is 2. The number of amides is 12. The first kappa shape index (κ1) is 85.7. The first-order chi connectivity index (χ1) is 46.5. The molecule has 0 bridgehead atoms. The fourth-order valence-corrected chi connectivity index (χ4v) is 9.74. The first-order valence-corrected chi connectivity index (χ1v) is 32.5. The van der Waals surface area contributed by atoms with E-state index in [2.05, 4.69) is 86.4 Å². The number of H-pyrrole nitrogens is 1. The van der Waals surface area contributed by atoms with Crippen LogP contribution < -0.4 is 75.3 Å². The molecule has 1 aromatic heterocycles. The van der Waals surface area contributed by atoms with Crippen LogP contribution in [0.25, 0.3) is 0 Å². The van der Waals surface area contributed by atoms with Crippen LogP contribution >= 0.6 is 12.6 Å². The number of carboxylic acid groups (broad SMARTS) is 3. The Balaban J connectivity index is 2.37. The van der Waals surface area contributed by atoms with Gasteiger partial charge in [0.15, 0.2) is 0 Å². The van der Waals surface area contributed by atoms with Crippen LogP contribution in [0.5, 0.6) is 0 Å². The van der Waals surface area contributed by atoms with E-state index in [9.17, 15) is 103 Å². The van der Waals surface area contributed by atoms with E-state index in [1.807, 2.05) is 0 Å². The molecule has 2 rings (SSSR count). The Labute approximate surface area is 576 Å². The summed E-state index contributed by atoms with van der Waals surface area (Å²) in [6.07, 6.45) is -3.25. The van der Waals surface area contributed by atoms with Gasteiger partial charge in [-0.2, -0.15) is 12.6 Å². The van der Waals surface area contributed by atoms with Gasteiger partial charge in [-0.15, -0.1) is 0 Å². The molecule has 38 heteroatoms. The van der Waals surface area contributed by atoms with Gasteiger partial charge in [-0.05, 0) is 83.2 Å². The maximum absolute atomic E-state index is 14.3. The molecule has 1 heterocycles. The van der Waals surface area contributed by atoms with Gasteiger partial charge in [-0.25, -0.2) is 9.78 Å². The van der Waals surface area contributed by atoms with E-state index in [1.165, 1.54) is 26.4 Å². The summed E-state index contributed by atoms with van der Waals surface area (Å²) in [6, 6.07) is -11.5. The zero-order valence-electron chi connectivity index (χ0n) is 56.0. The maximum atomic E-state index is 14.3. The minimum absolute atomic E-state index is 0.0768. The standard InChI is InChI=1S/C61H96N16O21S/c1-29(2)19-38(53(89)70-41(22-35-25-64-28-65-35)55(91)75-44(27-99)58(94)71-42(23-47(84)85)56(92)68-37(61(97)98)15-11-12-18-62)69-51(87)36(16-17-46(82)83)67-57(93)43(26-78)74-54(90)39(20-30(3)4)72-60(96)49(33(7)80)77-50(86)31(5)66-52(88)40(21-34-13-9-8-10-14-34)73-59(95)48(32(6)79)76-45(81)24-63/h8-10,13-14,25,28-33,36-44,48-49,78-80,99H,11-12,15-24,26-27,62-63H2,1-7H3,(H,64,65)(H,66,88)(H,67,93)(H,68,92)(H,69,87)(H,70,89)(H,71,94)(H,72,96)(H,73,95)(H,74,90)(H,75,91)(H,76,81)(H,77,86)(H,82,83)(H,84,85)(H,97,98)/t31-,32+,33+,36-,37-,38-,39-,40-,41-,42-,43-,44-,48-,49-/m0/s1. The number of aromatic nitrogens is 2. The molecule has 1 aromatic carbocycles. The van der Waals surface area contributed by atoms with Gasteiger partial charge >= 0.3 is 17.9 Å². The lowest BCUT2D eigenvalue weighted by Gasteiger charge is -2.29. The SMILES string of the molecule is CC(C)C[C@H](NC(=O)[C@H](CCC(=O)O)NC(=O)[C@H](CO)NC(=O)[C@H](CC(C)C)NC(=O)[C@@H](NC(=O)[C@H](C)NC(=O)[C@H](Cc1ccccc1)NC(=O)[C@@H](NC(=O)CN)[C@@H](C)O)[C@@H](C)O)C(=O)N[C@@H](Cc1cnc[nH]1)C(=O)N[C@@H](CS)C(=O)N[C@@H](CC(=O)O)C(=O)N[C@@H](CCCCN)C(=O)O. The van der Waals surface area contributed by atoms with Crippen molar-refractivity contribution >= 4 is 101 Å². The third-order valence-electron chi connectivity index (χ3n) is 14.8. The van der Waals surface area contributed by atoms with Crippen molar-refractivity contribution in [3.63, 3.8) is 0 Å². The van der Waals surface area contributed by atoms with Crippen molar-refractivity contribution in [1.82, 2.24) is 73.8 Å². The molecule has 0 unspecified atom stereocenters. The molecule has 99 heavy (non-hydrogen) atoms. The number of nitrogens with one attached hydrogen (secondary N) is 13. The van der Waals surface area contributed by atoms with Crippen LogP contribution in [0.2, 0.25) is 0 Å². The zero-order chi connectivity index (χ0) is 74.8. The Morgan fingerprint density at radius 2 is 0.929 bits per heavy atom. The molecule has 12 amide bonds. The van der Waals surface area contributed by atoms with Crippen LogP contribution in [0.1, 0.15) is 111 Å². The molecule has 0 spiro atoms. The molecule has 0 fully saturated rings. The Morgan fingerprint density at radius 1 is 0.485 bits per heavy atom. The maximum Gasteiger partial charge on any atom is 0.326 e. The summed E-state index contributed by atoms with van der Waals surface area (Å²) in [7, 11) is 0. The van der Waals surface area contributed by atoms with E-state index in [0.717, 1.165) is 6.92 Å². The van der Waals surface area contributed by atoms with Crippen molar-refractivity contribution < 1.29 is 103 Å². The van der Waals surface area contributed by atoms with Crippen molar-refractivity contribution in [3.8, 4) is 0 Å². The molecule has 552 valence electrons. The summed E-state index contributed by atoms with van der Waals surface area (Å²) < 4.78 is 0. The number of nitrogens with zero attached hydrogens (tertiary/aromatic N) is 1. The number of unbranched alkanes of at least 4 members (excludes halogenated alkanes) is 1. The summed E-state index contributed by atoms with van der Waals surface area (Å²) in [4.78, 5) is 207. The van der Waals surface area contributed by atoms with Crippen LogP contribution in [0.15, 0.2) is 42.9 Å². The molecular formula is C61H96N16O21S. The van der Waals surface area contributed by atoms with Crippen LogP contribution in [0.4, 0.5) is 0 Å². The molecule has 0 aliphatic heterocycles. The second-order valence-corrected chi connectivity index (χ2v) is 24.6. The molecule has 14 atom stereocenters. The average molecular weight is 1420 g/mol. The van der Waals surface area contributed by atoms with E-state index in [0.29, 0.717) is 12.0 Å². The predicted molar refractivity (Wildman–Crippen MR) is 353 cm³/mol. The quantitative estimate of drug-likeness (QED) is 0.0216. The number of carboxylic acids is 3. The number of thiol groups is 1. The number of rotatable bonds is 46. The largest absolute Gasteiger partial charge is 0.481 e. The van der Waals surface area contributed by atoms with Crippen molar-refractivity contribution in [3.05, 3.63) is 54.1 Å². The lowest BCUT2D eigenvalue weighted by molar-refractivity contribution is -0.144. The molecule has 0 radical (unpaired) electrons. The minimum atomic E-state index is -1.93. The van der Waals surface area contributed by atoms with Crippen molar-refractivity contribution in [2.24, 2.45) is 23.3 Å². The van der Waals surface area contributed by atoms with Gasteiger partial charge in [0.2, 0.25) is 70.9 Å². The molecule has 0 aliphatic rings. The lowest BCUT2D eigenvalue weighted by atomic mass is 10.0. The molecule has 0 aliphatic carbocycles. The summed E-state index contributed by atoms with van der Waals surface area (Å²) in [6.45, 7) is 8.68. The third-order valence-corrected chi connectivity index (χ3v) is 15.1. The monoisotopic (exact) mass is 1420 g/mol. The summed E-state index contributed by atoms with van der Waals surface area (Å²) in [5.41, 5.74) is 11.7. The molecule has 37 nitrogen and oxygen atoms in total. The smallest absolute Gasteiger partial charge is 0.326 e. The molecular weight excluding hydrogens is 1320 g/mol. The van der Waals surface area contributed by atoms with Gasteiger partial charge in [0.1, 0.15) is 72.5 Å². The number of aliphatic hydroxyl groups is 3.